The van der Waals surface area contributed by atoms with E-state index in [0.29, 0.717) is 6.54 Å². The van der Waals surface area contributed by atoms with Gasteiger partial charge >= 0.3 is 0 Å². The highest BCUT2D eigenvalue weighted by Gasteiger charge is 2.39. The van der Waals surface area contributed by atoms with Crippen molar-refractivity contribution in [3.63, 3.8) is 0 Å². The maximum atomic E-state index is 12.0. The molecule has 0 spiro atoms. The fourth-order valence-electron chi connectivity index (χ4n) is 2.12. The van der Waals surface area contributed by atoms with Gasteiger partial charge in [-0.1, -0.05) is 20.8 Å². The minimum atomic E-state index is -0.249. The molecule has 1 rings (SSSR count). The topological polar surface area (TPSA) is 63.4 Å². The zero-order valence-electron chi connectivity index (χ0n) is 9.69. The van der Waals surface area contributed by atoms with Crippen LogP contribution in [0, 0.1) is 11.8 Å². The number of nitrogens with two attached hydrogens (primary N) is 1. The molecule has 0 aromatic carbocycles. The maximum Gasteiger partial charge on any atom is 0.236 e. The van der Waals surface area contributed by atoms with Gasteiger partial charge in [-0.25, -0.2) is 0 Å². The van der Waals surface area contributed by atoms with Crippen molar-refractivity contribution in [1.29, 1.82) is 0 Å². The first kappa shape index (κ1) is 12.2. The van der Waals surface area contributed by atoms with Crippen molar-refractivity contribution in [3.05, 3.63) is 0 Å². The molecule has 1 heterocycles. The van der Waals surface area contributed by atoms with Crippen LogP contribution in [0.3, 0.4) is 0 Å². The second-order valence-electron chi connectivity index (χ2n) is 4.56. The molecule has 86 valence electrons. The van der Waals surface area contributed by atoms with Crippen LogP contribution in [0.1, 0.15) is 27.2 Å². The van der Waals surface area contributed by atoms with Gasteiger partial charge in [0.05, 0.1) is 12.6 Å². The second-order valence-corrected chi connectivity index (χ2v) is 4.56. The molecule has 1 amide bonds. The van der Waals surface area contributed by atoms with Crippen LogP contribution in [0.4, 0.5) is 0 Å². The standard InChI is InChI=1S/C11H20N2O2/c1-7(2)11(15)10-8(3)4-5-13(10)9(14)6-12/h7-8,10H,4-6,12H2,1-3H3/t8-,10?/m1/s1. The van der Waals surface area contributed by atoms with Crippen molar-refractivity contribution in [3.8, 4) is 0 Å². The summed E-state index contributed by atoms with van der Waals surface area (Å²) in [5.74, 6) is 0.277. The van der Waals surface area contributed by atoms with E-state index in [4.69, 9.17) is 5.73 Å². The summed E-state index contributed by atoms with van der Waals surface area (Å²) in [5.41, 5.74) is 5.33. The average molecular weight is 212 g/mol. The predicted molar refractivity (Wildman–Crippen MR) is 58.2 cm³/mol. The van der Waals surface area contributed by atoms with E-state index in [0.717, 1.165) is 6.42 Å². The Morgan fingerprint density at radius 2 is 2.07 bits per heavy atom. The summed E-state index contributed by atoms with van der Waals surface area (Å²) in [4.78, 5) is 25.1. The number of ketones is 1. The first-order valence-corrected chi connectivity index (χ1v) is 5.52. The lowest BCUT2D eigenvalue weighted by atomic mass is 9.92. The Balaban J connectivity index is 2.81. The van der Waals surface area contributed by atoms with Crippen LogP contribution < -0.4 is 5.73 Å². The molecule has 4 heteroatoms. The minimum Gasteiger partial charge on any atom is -0.331 e. The number of hydrogen-bond acceptors (Lipinski definition) is 3. The van der Waals surface area contributed by atoms with Crippen molar-refractivity contribution in [2.24, 2.45) is 17.6 Å². The first-order chi connectivity index (χ1) is 6.99. The van der Waals surface area contributed by atoms with E-state index < -0.39 is 0 Å². The van der Waals surface area contributed by atoms with Crippen molar-refractivity contribution in [2.45, 2.75) is 33.2 Å². The van der Waals surface area contributed by atoms with Crippen LogP contribution >= 0.6 is 0 Å². The van der Waals surface area contributed by atoms with E-state index in [1.165, 1.54) is 0 Å². The van der Waals surface area contributed by atoms with Gasteiger partial charge in [-0.3, -0.25) is 9.59 Å². The van der Waals surface area contributed by atoms with Gasteiger partial charge in [-0.15, -0.1) is 0 Å². The van der Waals surface area contributed by atoms with Crippen molar-refractivity contribution in [1.82, 2.24) is 4.90 Å². The molecule has 0 aromatic rings. The lowest BCUT2D eigenvalue weighted by molar-refractivity contribution is -0.138. The second kappa shape index (κ2) is 4.75. The lowest BCUT2D eigenvalue weighted by Crippen LogP contribution is -2.46. The van der Waals surface area contributed by atoms with Gasteiger partial charge < -0.3 is 10.6 Å². The predicted octanol–water partition coefficient (Wildman–Crippen LogP) is 0.407. The molecule has 4 nitrogen and oxygen atoms in total. The molecule has 0 bridgehead atoms. The number of carbonyl (C=O) groups is 2. The summed E-state index contributed by atoms with van der Waals surface area (Å²) >= 11 is 0. The van der Waals surface area contributed by atoms with Crippen molar-refractivity contribution >= 4 is 11.7 Å². The first-order valence-electron chi connectivity index (χ1n) is 5.52. The van der Waals surface area contributed by atoms with Gasteiger partial charge in [0.25, 0.3) is 0 Å². The van der Waals surface area contributed by atoms with Crippen molar-refractivity contribution in [2.75, 3.05) is 13.1 Å². The molecule has 0 aromatic heterocycles. The molecule has 0 radical (unpaired) electrons. The smallest absolute Gasteiger partial charge is 0.236 e. The molecule has 1 aliphatic heterocycles. The summed E-state index contributed by atoms with van der Waals surface area (Å²) in [7, 11) is 0. The SMILES string of the molecule is CC(C)C(=O)C1[C@H](C)CCN1C(=O)CN. The van der Waals surface area contributed by atoms with Gasteiger partial charge in [-0.05, 0) is 12.3 Å². The zero-order chi connectivity index (χ0) is 11.6. The Hall–Kier alpha value is -0.900. The van der Waals surface area contributed by atoms with Crippen LogP contribution in [-0.2, 0) is 9.59 Å². The van der Waals surface area contributed by atoms with E-state index >= 15 is 0 Å². The zero-order valence-corrected chi connectivity index (χ0v) is 9.69. The van der Waals surface area contributed by atoms with E-state index in [1.807, 2.05) is 20.8 Å². The normalized spacial score (nSPS) is 26.1. The molecule has 2 N–H and O–H groups in total. The summed E-state index contributed by atoms with van der Waals surface area (Å²) in [6, 6.07) is -0.249. The number of nitrogens with zero attached hydrogens (tertiary/aromatic N) is 1. The van der Waals surface area contributed by atoms with Gasteiger partial charge in [0.15, 0.2) is 5.78 Å². The molecule has 1 saturated heterocycles. The Labute approximate surface area is 90.8 Å². The average Bonchev–Trinajstić information content (AvgIpc) is 2.57. The molecule has 1 aliphatic rings. The van der Waals surface area contributed by atoms with Crippen LogP contribution in [0.25, 0.3) is 0 Å². The van der Waals surface area contributed by atoms with E-state index in [2.05, 4.69) is 0 Å². The van der Waals surface area contributed by atoms with Crippen molar-refractivity contribution < 1.29 is 9.59 Å². The van der Waals surface area contributed by atoms with E-state index in [1.54, 1.807) is 4.90 Å². The van der Waals surface area contributed by atoms with Crippen LogP contribution in [-0.4, -0.2) is 35.7 Å². The Bertz CT molecular complexity index is 263. The number of rotatable bonds is 3. The lowest BCUT2D eigenvalue weighted by Gasteiger charge is -2.26. The summed E-state index contributed by atoms with van der Waals surface area (Å²) in [6.07, 6.45) is 0.898. The molecule has 0 saturated carbocycles. The molecular weight excluding hydrogens is 192 g/mol. The van der Waals surface area contributed by atoms with Gasteiger partial charge in [0.1, 0.15) is 0 Å². The van der Waals surface area contributed by atoms with Gasteiger partial charge in [0.2, 0.25) is 5.91 Å². The Morgan fingerprint density at radius 3 is 2.53 bits per heavy atom. The molecule has 1 unspecified atom stereocenters. The molecule has 1 fully saturated rings. The number of likely N-dealkylation sites (tertiary alicyclic amines) is 1. The monoisotopic (exact) mass is 212 g/mol. The maximum absolute atomic E-state index is 12.0. The number of amides is 1. The van der Waals surface area contributed by atoms with Gasteiger partial charge in [0, 0.05) is 12.5 Å². The Kier molecular flexibility index (Phi) is 3.85. The molecule has 2 atom stereocenters. The number of carbonyl (C=O) groups excluding carboxylic acids is 2. The highest BCUT2D eigenvalue weighted by Crippen LogP contribution is 2.26. The van der Waals surface area contributed by atoms with E-state index in [-0.39, 0.29) is 36.1 Å². The summed E-state index contributed by atoms with van der Waals surface area (Å²) in [6.45, 7) is 6.43. The summed E-state index contributed by atoms with van der Waals surface area (Å²) in [5, 5.41) is 0. The molecule has 0 aliphatic carbocycles. The van der Waals surface area contributed by atoms with Crippen LogP contribution in [0.2, 0.25) is 0 Å². The molecule has 15 heavy (non-hydrogen) atoms. The van der Waals surface area contributed by atoms with E-state index in [9.17, 15) is 9.59 Å². The third-order valence-electron chi connectivity index (χ3n) is 3.06. The quantitative estimate of drug-likeness (QED) is 0.737. The largest absolute Gasteiger partial charge is 0.331 e. The van der Waals surface area contributed by atoms with Crippen LogP contribution in [0.15, 0.2) is 0 Å². The molecular formula is C11H20N2O2. The highest BCUT2D eigenvalue weighted by molar-refractivity contribution is 5.91. The summed E-state index contributed by atoms with van der Waals surface area (Å²) < 4.78 is 0. The third-order valence-corrected chi connectivity index (χ3v) is 3.06. The van der Waals surface area contributed by atoms with Gasteiger partial charge in [-0.2, -0.15) is 0 Å². The minimum absolute atomic E-state index is 0.00536. The number of hydrogen-bond donors (Lipinski definition) is 1. The fourth-order valence-corrected chi connectivity index (χ4v) is 2.12. The van der Waals surface area contributed by atoms with Crippen LogP contribution in [0.5, 0.6) is 0 Å². The third kappa shape index (κ3) is 2.37. The fraction of sp³-hybridized carbons (Fsp3) is 0.818. The Morgan fingerprint density at radius 1 is 1.47 bits per heavy atom. The highest BCUT2D eigenvalue weighted by atomic mass is 16.2. The number of Topliss-reactive ketones (excluding diaryl/α,β-unsaturated/α-hetero) is 1.